The minimum atomic E-state index is -1.03. The van der Waals surface area contributed by atoms with Gasteiger partial charge >= 0.3 is 0 Å². The van der Waals surface area contributed by atoms with Crippen LogP contribution in [0, 0.1) is 5.41 Å². The highest BCUT2D eigenvalue weighted by molar-refractivity contribution is 7.99. The Morgan fingerprint density at radius 1 is 1.70 bits per heavy atom. The fourth-order valence-electron chi connectivity index (χ4n) is 1.11. The first-order valence-electron chi connectivity index (χ1n) is 3.45. The zero-order valence-electron chi connectivity index (χ0n) is 5.80. The Bertz CT molecular complexity index is 143. The maximum atomic E-state index is 11.0. The summed E-state index contributed by atoms with van der Waals surface area (Å²) in [4.78, 5) is 0. The van der Waals surface area contributed by atoms with Crippen LogP contribution in [0.15, 0.2) is 0 Å². The minimum absolute atomic E-state index is 0.186. The van der Waals surface area contributed by atoms with Crippen LogP contribution in [0.3, 0.4) is 0 Å². The summed E-state index contributed by atoms with van der Waals surface area (Å²) >= 11 is 0. The molecule has 1 aliphatic rings. The van der Waals surface area contributed by atoms with Gasteiger partial charge in [-0.15, -0.1) is 0 Å². The Morgan fingerprint density at radius 3 is 3.00 bits per heavy atom. The first kappa shape index (κ1) is 7.88. The monoisotopic (exact) mass is 160 g/mol. The predicted octanol–water partition coefficient (Wildman–Crippen LogP) is 0.0942. The fraction of sp³-hybridized carbons (Fsp3) is 0.833. The molecule has 1 rings (SSSR count). The van der Waals surface area contributed by atoms with Gasteiger partial charge in [-0.05, 0) is 19.4 Å². The van der Waals surface area contributed by atoms with Crippen molar-refractivity contribution in [3.63, 3.8) is 0 Å². The van der Waals surface area contributed by atoms with Crippen molar-refractivity contribution in [3.05, 3.63) is 0 Å². The summed E-state index contributed by atoms with van der Waals surface area (Å²) in [5.41, 5.74) is 1.04. The standard InChI is InChI=1S/C6H12N2OS/c7-5-10(9)6-2-1-3-8-4-6/h5-8H,1-4H2. The third-order valence-electron chi connectivity index (χ3n) is 1.70. The lowest BCUT2D eigenvalue weighted by Crippen LogP contribution is -2.36. The number of hydrogen-bond acceptors (Lipinski definition) is 3. The second-order valence-electron chi connectivity index (χ2n) is 2.41. The molecule has 0 saturated carbocycles. The van der Waals surface area contributed by atoms with Crippen LogP contribution in [0.1, 0.15) is 12.8 Å². The maximum Gasteiger partial charge on any atom is 0.0822 e. The molecule has 1 aliphatic heterocycles. The summed E-state index contributed by atoms with van der Waals surface area (Å²) in [6.45, 7) is 1.84. The largest absolute Gasteiger partial charge is 0.316 e. The van der Waals surface area contributed by atoms with Gasteiger partial charge in [0.05, 0.1) is 21.6 Å². The topological polar surface area (TPSA) is 53.0 Å². The van der Waals surface area contributed by atoms with Crippen molar-refractivity contribution in [1.82, 2.24) is 5.32 Å². The van der Waals surface area contributed by atoms with Crippen LogP contribution in [0.25, 0.3) is 0 Å². The van der Waals surface area contributed by atoms with E-state index in [4.69, 9.17) is 5.41 Å². The van der Waals surface area contributed by atoms with E-state index in [0.717, 1.165) is 31.5 Å². The molecule has 2 unspecified atom stereocenters. The third kappa shape index (κ3) is 1.88. The van der Waals surface area contributed by atoms with Crippen molar-refractivity contribution >= 4 is 16.3 Å². The van der Waals surface area contributed by atoms with Crippen molar-refractivity contribution in [3.8, 4) is 0 Å². The maximum absolute atomic E-state index is 11.0. The second kappa shape index (κ2) is 3.83. The summed E-state index contributed by atoms with van der Waals surface area (Å²) in [6, 6.07) is 0. The lowest BCUT2D eigenvalue weighted by atomic mass is 10.2. The van der Waals surface area contributed by atoms with E-state index in [2.05, 4.69) is 5.32 Å². The quantitative estimate of drug-likeness (QED) is 0.444. The molecule has 0 radical (unpaired) electrons. The van der Waals surface area contributed by atoms with E-state index in [1.54, 1.807) is 0 Å². The molecule has 0 spiro atoms. The van der Waals surface area contributed by atoms with Gasteiger partial charge in [0.1, 0.15) is 0 Å². The lowest BCUT2D eigenvalue weighted by Gasteiger charge is -2.19. The highest BCUT2D eigenvalue weighted by atomic mass is 32.2. The van der Waals surface area contributed by atoms with Crippen LogP contribution in [-0.2, 0) is 10.8 Å². The molecule has 3 nitrogen and oxygen atoms in total. The van der Waals surface area contributed by atoms with Crippen molar-refractivity contribution in [1.29, 1.82) is 5.41 Å². The van der Waals surface area contributed by atoms with E-state index in [-0.39, 0.29) is 5.25 Å². The summed E-state index contributed by atoms with van der Waals surface area (Å²) in [6.07, 6.45) is 2.08. The first-order chi connectivity index (χ1) is 4.84. The van der Waals surface area contributed by atoms with Crippen LogP contribution in [0.2, 0.25) is 0 Å². The SMILES string of the molecule is N=CS(=O)C1CCCNC1. The second-order valence-corrected chi connectivity index (χ2v) is 3.97. The highest BCUT2D eigenvalue weighted by Gasteiger charge is 2.17. The molecule has 0 aromatic carbocycles. The van der Waals surface area contributed by atoms with Crippen LogP contribution >= 0.6 is 0 Å². The van der Waals surface area contributed by atoms with Crippen LogP contribution < -0.4 is 5.32 Å². The van der Waals surface area contributed by atoms with Gasteiger partial charge in [-0.2, -0.15) is 0 Å². The molecule has 2 N–H and O–H groups in total. The van der Waals surface area contributed by atoms with Gasteiger partial charge in [0, 0.05) is 6.54 Å². The molecule has 2 atom stereocenters. The molecular weight excluding hydrogens is 148 g/mol. The van der Waals surface area contributed by atoms with Crippen LogP contribution in [0.4, 0.5) is 0 Å². The predicted molar refractivity (Wildman–Crippen MR) is 42.8 cm³/mol. The lowest BCUT2D eigenvalue weighted by molar-refractivity contribution is 0.522. The van der Waals surface area contributed by atoms with Crippen LogP contribution in [-0.4, -0.2) is 28.1 Å². The van der Waals surface area contributed by atoms with Crippen molar-refractivity contribution < 1.29 is 4.21 Å². The van der Waals surface area contributed by atoms with Crippen molar-refractivity contribution in [2.45, 2.75) is 18.1 Å². The first-order valence-corrected chi connectivity index (χ1v) is 4.73. The van der Waals surface area contributed by atoms with E-state index in [1.165, 1.54) is 0 Å². The average molecular weight is 160 g/mol. The molecule has 10 heavy (non-hydrogen) atoms. The Kier molecular flexibility index (Phi) is 3.02. The van der Waals surface area contributed by atoms with E-state index in [9.17, 15) is 4.21 Å². The third-order valence-corrected chi connectivity index (χ3v) is 2.99. The average Bonchev–Trinajstić information content (AvgIpc) is 2.05. The van der Waals surface area contributed by atoms with E-state index >= 15 is 0 Å². The summed E-state index contributed by atoms with van der Waals surface area (Å²) in [5, 5.41) is 10.1. The van der Waals surface area contributed by atoms with Crippen LogP contribution in [0.5, 0.6) is 0 Å². The molecule has 0 aliphatic carbocycles. The number of nitrogens with one attached hydrogen (secondary N) is 2. The summed E-state index contributed by atoms with van der Waals surface area (Å²) in [5.74, 6) is 0. The molecule has 58 valence electrons. The molecule has 0 aromatic heterocycles. The molecule has 0 bridgehead atoms. The Hall–Kier alpha value is -0.220. The van der Waals surface area contributed by atoms with Gasteiger partial charge in [-0.25, -0.2) is 0 Å². The van der Waals surface area contributed by atoms with Gasteiger partial charge < -0.3 is 5.32 Å². The molecule has 1 fully saturated rings. The Morgan fingerprint density at radius 2 is 2.50 bits per heavy atom. The number of rotatable bonds is 2. The van der Waals surface area contributed by atoms with Crippen molar-refractivity contribution in [2.24, 2.45) is 0 Å². The molecule has 0 aromatic rings. The highest BCUT2D eigenvalue weighted by Crippen LogP contribution is 2.06. The van der Waals surface area contributed by atoms with E-state index in [1.807, 2.05) is 0 Å². The van der Waals surface area contributed by atoms with Gasteiger partial charge in [-0.3, -0.25) is 9.62 Å². The number of piperidine rings is 1. The van der Waals surface area contributed by atoms with Gasteiger partial charge in [0.25, 0.3) is 0 Å². The van der Waals surface area contributed by atoms with E-state index in [0.29, 0.717) is 0 Å². The number of hydrogen-bond donors (Lipinski definition) is 2. The molecular formula is C6H12N2OS. The molecule has 0 amide bonds. The summed E-state index contributed by atoms with van der Waals surface area (Å²) < 4.78 is 11.0. The van der Waals surface area contributed by atoms with Gasteiger partial charge in [0.2, 0.25) is 0 Å². The molecule has 4 heteroatoms. The van der Waals surface area contributed by atoms with Gasteiger partial charge in [-0.1, -0.05) is 0 Å². The van der Waals surface area contributed by atoms with Crippen molar-refractivity contribution in [2.75, 3.05) is 13.1 Å². The van der Waals surface area contributed by atoms with Gasteiger partial charge in [0.15, 0.2) is 0 Å². The Labute approximate surface area is 63.2 Å². The zero-order valence-corrected chi connectivity index (χ0v) is 6.62. The van der Waals surface area contributed by atoms with E-state index < -0.39 is 10.8 Å². The Balaban J connectivity index is 2.38. The fourth-order valence-corrected chi connectivity index (χ4v) is 1.99. The minimum Gasteiger partial charge on any atom is -0.316 e. The zero-order chi connectivity index (χ0) is 7.40. The smallest absolute Gasteiger partial charge is 0.0822 e. The molecule has 1 heterocycles. The molecule has 1 saturated heterocycles. The summed E-state index contributed by atoms with van der Waals surface area (Å²) in [7, 11) is -1.03. The normalized spacial score (nSPS) is 29.4.